The van der Waals surface area contributed by atoms with E-state index in [0.717, 1.165) is 13.0 Å². The first-order valence-corrected chi connectivity index (χ1v) is 6.26. The third kappa shape index (κ3) is 2.28. The second-order valence-corrected chi connectivity index (χ2v) is 4.88. The van der Waals surface area contributed by atoms with Crippen molar-refractivity contribution in [2.75, 3.05) is 12.3 Å². The summed E-state index contributed by atoms with van der Waals surface area (Å²) in [6, 6.07) is 3.26. The van der Waals surface area contributed by atoms with Crippen LogP contribution in [0.1, 0.15) is 29.8 Å². The van der Waals surface area contributed by atoms with Gasteiger partial charge in [-0.15, -0.1) is 10.2 Å². The van der Waals surface area contributed by atoms with Crippen molar-refractivity contribution in [3.05, 3.63) is 17.8 Å². The lowest BCUT2D eigenvalue weighted by Crippen LogP contribution is -2.41. The molecule has 2 aliphatic rings. The van der Waals surface area contributed by atoms with Crippen molar-refractivity contribution in [3.63, 3.8) is 0 Å². The van der Waals surface area contributed by atoms with Crippen LogP contribution in [-0.4, -0.2) is 34.9 Å². The van der Waals surface area contributed by atoms with E-state index >= 15 is 0 Å². The van der Waals surface area contributed by atoms with Gasteiger partial charge in [-0.05, 0) is 37.3 Å². The van der Waals surface area contributed by atoms with Crippen molar-refractivity contribution < 1.29 is 9.53 Å². The van der Waals surface area contributed by atoms with Gasteiger partial charge in [0, 0.05) is 6.61 Å². The Labute approximate surface area is 105 Å². The van der Waals surface area contributed by atoms with E-state index in [4.69, 9.17) is 10.5 Å². The number of aromatic nitrogens is 2. The molecule has 0 bridgehead atoms. The van der Waals surface area contributed by atoms with Crippen molar-refractivity contribution in [2.45, 2.75) is 31.4 Å². The van der Waals surface area contributed by atoms with Crippen LogP contribution in [0.25, 0.3) is 0 Å². The van der Waals surface area contributed by atoms with E-state index in [1.807, 2.05) is 0 Å². The highest BCUT2D eigenvalue weighted by Crippen LogP contribution is 2.38. The first-order chi connectivity index (χ1) is 8.74. The molecule has 0 aromatic carbocycles. The van der Waals surface area contributed by atoms with Gasteiger partial charge in [0.15, 0.2) is 5.69 Å². The lowest BCUT2D eigenvalue weighted by molar-refractivity contribution is 0.0727. The Morgan fingerprint density at radius 2 is 2.17 bits per heavy atom. The van der Waals surface area contributed by atoms with E-state index in [1.165, 1.54) is 12.8 Å². The van der Waals surface area contributed by atoms with Gasteiger partial charge in [0.05, 0.1) is 12.1 Å². The highest BCUT2D eigenvalue weighted by molar-refractivity contribution is 5.92. The summed E-state index contributed by atoms with van der Waals surface area (Å²) < 4.78 is 5.67. The van der Waals surface area contributed by atoms with Crippen molar-refractivity contribution in [1.82, 2.24) is 15.5 Å². The molecule has 2 heterocycles. The first kappa shape index (κ1) is 11.4. The van der Waals surface area contributed by atoms with Crippen LogP contribution in [0, 0.1) is 5.92 Å². The molecular weight excluding hydrogens is 232 g/mol. The summed E-state index contributed by atoms with van der Waals surface area (Å²) in [7, 11) is 0. The number of rotatable bonds is 3. The van der Waals surface area contributed by atoms with Gasteiger partial charge in [-0.1, -0.05) is 0 Å². The molecule has 3 rings (SSSR count). The molecule has 18 heavy (non-hydrogen) atoms. The maximum atomic E-state index is 12.0. The van der Waals surface area contributed by atoms with Gasteiger partial charge >= 0.3 is 0 Å². The Morgan fingerprint density at radius 3 is 2.83 bits per heavy atom. The molecule has 0 radical (unpaired) electrons. The van der Waals surface area contributed by atoms with Crippen LogP contribution in [0.15, 0.2) is 12.1 Å². The van der Waals surface area contributed by atoms with Gasteiger partial charge in [-0.25, -0.2) is 0 Å². The number of nitrogen functional groups attached to an aromatic ring is 1. The fourth-order valence-electron chi connectivity index (χ4n) is 2.36. The van der Waals surface area contributed by atoms with E-state index in [-0.39, 0.29) is 18.1 Å². The highest BCUT2D eigenvalue weighted by Gasteiger charge is 2.41. The Morgan fingerprint density at radius 1 is 1.33 bits per heavy atom. The number of anilines is 1. The monoisotopic (exact) mass is 248 g/mol. The van der Waals surface area contributed by atoms with E-state index in [0.29, 0.717) is 17.4 Å². The van der Waals surface area contributed by atoms with E-state index in [9.17, 15) is 4.79 Å². The van der Waals surface area contributed by atoms with Crippen LogP contribution in [0.2, 0.25) is 0 Å². The molecule has 1 saturated heterocycles. The number of nitrogens with two attached hydrogens (primary N) is 1. The van der Waals surface area contributed by atoms with Crippen LogP contribution < -0.4 is 11.1 Å². The van der Waals surface area contributed by atoms with Crippen LogP contribution in [-0.2, 0) is 4.74 Å². The van der Waals surface area contributed by atoms with Gasteiger partial charge in [0.2, 0.25) is 0 Å². The third-order valence-corrected chi connectivity index (χ3v) is 3.46. The molecule has 96 valence electrons. The minimum absolute atomic E-state index is 0.101. The number of carbonyl (C=O) groups excluding carboxylic acids is 1. The predicted molar refractivity (Wildman–Crippen MR) is 64.8 cm³/mol. The number of nitrogens with one attached hydrogen (secondary N) is 1. The van der Waals surface area contributed by atoms with Gasteiger partial charge < -0.3 is 15.8 Å². The van der Waals surface area contributed by atoms with E-state index < -0.39 is 0 Å². The summed E-state index contributed by atoms with van der Waals surface area (Å²) in [6.45, 7) is 0.722. The lowest BCUT2D eigenvalue weighted by Gasteiger charge is -2.18. The van der Waals surface area contributed by atoms with Gasteiger partial charge in [0.1, 0.15) is 5.82 Å². The minimum Gasteiger partial charge on any atom is -0.382 e. The second-order valence-electron chi connectivity index (χ2n) is 4.88. The molecule has 2 atom stereocenters. The predicted octanol–water partition coefficient (Wildman–Crippen LogP) is 0.356. The molecule has 6 heteroatoms. The Balaban J connectivity index is 1.64. The molecule has 0 spiro atoms. The van der Waals surface area contributed by atoms with Crippen LogP contribution >= 0.6 is 0 Å². The molecule has 1 saturated carbocycles. The maximum Gasteiger partial charge on any atom is 0.272 e. The van der Waals surface area contributed by atoms with Crippen LogP contribution in [0.5, 0.6) is 0 Å². The molecule has 1 amide bonds. The summed E-state index contributed by atoms with van der Waals surface area (Å²) in [5.74, 6) is 0.727. The largest absolute Gasteiger partial charge is 0.382 e. The topological polar surface area (TPSA) is 90.1 Å². The normalized spacial score (nSPS) is 27.1. The molecule has 3 N–H and O–H groups in total. The molecule has 2 fully saturated rings. The third-order valence-electron chi connectivity index (χ3n) is 3.46. The van der Waals surface area contributed by atoms with Crippen molar-refractivity contribution in [3.8, 4) is 0 Å². The number of hydrogen-bond acceptors (Lipinski definition) is 5. The van der Waals surface area contributed by atoms with Crippen molar-refractivity contribution in [2.24, 2.45) is 5.92 Å². The molecule has 1 aromatic heterocycles. The number of ether oxygens (including phenoxy) is 1. The smallest absolute Gasteiger partial charge is 0.272 e. The van der Waals surface area contributed by atoms with Crippen LogP contribution in [0.4, 0.5) is 5.82 Å². The summed E-state index contributed by atoms with van der Waals surface area (Å²) in [6.07, 6.45) is 3.46. The average Bonchev–Trinajstić information content (AvgIpc) is 3.11. The zero-order valence-corrected chi connectivity index (χ0v) is 10.0. The molecule has 1 aromatic rings. The first-order valence-electron chi connectivity index (χ1n) is 6.26. The molecule has 2 unspecified atom stereocenters. The molecule has 6 nitrogen and oxygen atoms in total. The standard InChI is InChI=1S/C12H16N4O2/c13-10-4-3-9(15-16-10)12(17)14-8-5-6-18-11(8)7-1-2-7/h3-4,7-8,11H,1-2,5-6H2,(H2,13,16)(H,14,17). The Kier molecular flexibility index (Phi) is 2.87. The lowest BCUT2D eigenvalue weighted by atomic mass is 10.1. The number of carbonyl (C=O) groups is 1. The molecular formula is C12H16N4O2. The fourth-order valence-corrected chi connectivity index (χ4v) is 2.36. The average molecular weight is 248 g/mol. The van der Waals surface area contributed by atoms with Gasteiger partial charge in [0.25, 0.3) is 5.91 Å². The Hall–Kier alpha value is -1.69. The molecule has 1 aliphatic heterocycles. The van der Waals surface area contributed by atoms with E-state index in [1.54, 1.807) is 12.1 Å². The number of amides is 1. The van der Waals surface area contributed by atoms with E-state index in [2.05, 4.69) is 15.5 Å². The Bertz CT molecular complexity index is 444. The summed E-state index contributed by atoms with van der Waals surface area (Å²) in [4.78, 5) is 12.0. The van der Waals surface area contributed by atoms with Crippen LogP contribution in [0.3, 0.4) is 0 Å². The SMILES string of the molecule is Nc1ccc(C(=O)NC2CCOC2C2CC2)nn1. The summed E-state index contributed by atoms with van der Waals surface area (Å²) >= 11 is 0. The fraction of sp³-hybridized carbons (Fsp3) is 0.583. The van der Waals surface area contributed by atoms with Gasteiger partial charge in [-0.2, -0.15) is 0 Å². The highest BCUT2D eigenvalue weighted by atomic mass is 16.5. The number of nitrogens with zero attached hydrogens (tertiary/aromatic N) is 2. The zero-order chi connectivity index (χ0) is 12.5. The molecule has 1 aliphatic carbocycles. The number of hydrogen-bond donors (Lipinski definition) is 2. The van der Waals surface area contributed by atoms with Gasteiger partial charge in [-0.3, -0.25) is 4.79 Å². The van der Waals surface area contributed by atoms with Crippen molar-refractivity contribution >= 4 is 11.7 Å². The quantitative estimate of drug-likeness (QED) is 0.805. The minimum atomic E-state index is -0.205. The zero-order valence-electron chi connectivity index (χ0n) is 10.0. The summed E-state index contributed by atoms with van der Waals surface area (Å²) in [5.41, 5.74) is 5.73. The van der Waals surface area contributed by atoms with Crippen molar-refractivity contribution in [1.29, 1.82) is 0 Å². The second kappa shape index (κ2) is 4.53. The maximum absolute atomic E-state index is 12.0. The summed E-state index contributed by atoms with van der Waals surface area (Å²) in [5, 5.41) is 10.4.